The Morgan fingerprint density at radius 1 is 1.00 bits per heavy atom. The number of hydrogen-bond acceptors (Lipinski definition) is 4. The van der Waals surface area contributed by atoms with Gasteiger partial charge < -0.3 is 9.84 Å². The van der Waals surface area contributed by atoms with Crippen molar-refractivity contribution in [3.8, 4) is 5.75 Å². The lowest BCUT2D eigenvalue weighted by molar-refractivity contribution is -0.132. The Hall–Kier alpha value is -4.00. The zero-order valence-electron chi connectivity index (χ0n) is 20.1. The van der Waals surface area contributed by atoms with Crippen LogP contribution in [0.3, 0.4) is 0 Å². The molecule has 186 valence electrons. The lowest BCUT2D eigenvalue weighted by atomic mass is 9.94. The maximum absolute atomic E-state index is 14.8. The first kappa shape index (κ1) is 25.1. The van der Waals surface area contributed by atoms with Crippen LogP contribution in [0.1, 0.15) is 48.9 Å². The van der Waals surface area contributed by atoms with Crippen molar-refractivity contribution in [3.05, 3.63) is 101 Å². The van der Waals surface area contributed by atoms with E-state index in [-0.39, 0.29) is 11.3 Å². The molecule has 1 amide bonds. The number of hydrogen-bond donors (Lipinski definition) is 1. The second-order valence-electron chi connectivity index (χ2n) is 8.76. The zero-order valence-corrected chi connectivity index (χ0v) is 20.1. The van der Waals surface area contributed by atoms with E-state index in [4.69, 9.17) is 4.74 Å². The summed E-state index contributed by atoms with van der Waals surface area (Å²) in [5, 5.41) is 11.2. The van der Waals surface area contributed by atoms with Crippen LogP contribution in [0.2, 0.25) is 0 Å². The Balaban J connectivity index is 1.79. The summed E-state index contributed by atoms with van der Waals surface area (Å²) in [6, 6.07) is 15.1. The Kier molecular flexibility index (Phi) is 7.48. The fourth-order valence-corrected chi connectivity index (χ4v) is 4.31. The highest BCUT2D eigenvalue weighted by Gasteiger charge is 2.47. The van der Waals surface area contributed by atoms with Gasteiger partial charge in [-0.15, -0.1) is 0 Å². The Morgan fingerprint density at radius 2 is 1.75 bits per heavy atom. The van der Waals surface area contributed by atoms with Crippen LogP contribution in [-0.4, -0.2) is 23.4 Å². The number of carbonyl (C=O) groups excluding carboxylic acids is 2. The number of aryl methyl sites for hydroxylation is 1. The van der Waals surface area contributed by atoms with Gasteiger partial charge in [-0.3, -0.25) is 14.5 Å². The standard InChI is InChI=1S/C29H27F2NO4/c1-3-4-5-15-36-22-12-9-19(10-13-22)27(33)25-26(20-8-6-7-18(2)16-20)32(29(35)28(25)34)24-17-21(30)11-14-23(24)31/h6-14,16-17,26,33H,3-5,15H2,1-2H3/b27-25+. The van der Waals surface area contributed by atoms with Gasteiger partial charge in [-0.1, -0.05) is 49.6 Å². The monoisotopic (exact) mass is 491 g/mol. The molecule has 1 saturated heterocycles. The first-order valence-corrected chi connectivity index (χ1v) is 11.9. The van der Waals surface area contributed by atoms with Crippen LogP contribution >= 0.6 is 0 Å². The highest BCUT2D eigenvalue weighted by Crippen LogP contribution is 2.43. The van der Waals surface area contributed by atoms with Crippen LogP contribution in [-0.2, 0) is 9.59 Å². The number of benzene rings is 3. The first-order valence-electron chi connectivity index (χ1n) is 11.9. The summed E-state index contributed by atoms with van der Waals surface area (Å²) in [6.45, 7) is 4.50. The predicted molar refractivity (Wildman–Crippen MR) is 134 cm³/mol. The molecule has 1 unspecified atom stereocenters. The normalized spacial score (nSPS) is 17.0. The van der Waals surface area contributed by atoms with Gasteiger partial charge in [0.05, 0.1) is 23.9 Å². The average molecular weight is 492 g/mol. The molecule has 0 aliphatic carbocycles. The molecule has 1 atom stereocenters. The van der Waals surface area contributed by atoms with Crippen LogP contribution in [0.5, 0.6) is 5.75 Å². The molecule has 1 aliphatic rings. The van der Waals surface area contributed by atoms with Crippen molar-refractivity contribution in [2.75, 3.05) is 11.5 Å². The molecular formula is C29H27F2NO4. The summed E-state index contributed by atoms with van der Waals surface area (Å²) in [5.74, 6) is -3.45. The summed E-state index contributed by atoms with van der Waals surface area (Å²) >= 11 is 0. The average Bonchev–Trinajstić information content (AvgIpc) is 3.13. The van der Waals surface area contributed by atoms with Gasteiger partial charge in [0.15, 0.2) is 0 Å². The number of Topliss-reactive ketones (excluding diaryl/α,β-unsaturated/α-hetero) is 1. The quantitative estimate of drug-likeness (QED) is 0.170. The van der Waals surface area contributed by atoms with E-state index in [9.17, 15) is 23.5 Å². The lowest BCUT2D eigenvalue weighted by Crippen LogP contribution is -2.30. The van der Waals surface area contributed by atoms with Gasteiger partial charge in [-0.2, -0.15) is 0 Å². The molecule has 5 nitrogen and oxygen atoms in total. The number of aliphatic hydroxyl groups is 1. The van der Waals surface area contributed by atoms with Crippen molar-refractivity contribution in [3.63, 3.8) is 0 Å². The molecule has 7 heteroatoms. The van der Waals surface area contributed by atoms with E-state index in [1.165, 1.54) is 0 Å². The van der Waals surface area contributed by atoms with Crippen molar-refractivity contribution in [1.29, 1.82) is 0 Å². The summed E-state index contributed by atoms with van der Waals surface area (Å²) in [4.78, 5) is 27.2. The van der Waals surface area contributed by atoms with Gasteiger partial charge in [0.2, 0.25) is 0 Å². The SMILES string of the molecule is CCCCCOc1ccc(/C(O)=C2\C(=O)C(=O)N(c3cc(F)ccc3F)C2c2cccc(C)c2)cc1. The van der Waals surface area contributed by atoms with Crippen molar-refractivity contribution in [1.82, 2.24) is 0 Å². The molecule has 36 heavy (non-hydrogen) atoms. The molecule has 0 radical (unpaired) electrons. The predicted octanol–water partition coefficient (Wildman–Crippen LogP) is 6.47. The fraction of sp³-hybridized carbons (Fsp3) is 0.241. The molecule has 0 aromatic heterocycles. The second kappa shape index (κ2) is 10.7. The third kappa shape index (κ3) is 5.00. The summed E-state index contributed by atoms with van der Waals surface area (Å²) in [7, 11) is 0. The molecule has 1 aliphatic heterocycles. The van der Waals surface area contributed by atoms with E-state index in [0.717, 1.165) is 47.9 Å². The molecule has 4 rings (SSSR count). The molecule has 0 saturated carbocycles. The van der Waals surface area contributed by atoms with Gasteiger partial charge in [-0.05, 0) is 55.3 Å². The van der Waals surface area contributed by atoms with E-state index in [1.807, 2.05) is 13.0 Å². The zero-order chi connectivity index (χ0) is 25.8. The Morgan fingerprint density at radius 3 is 2.44 bits per heavy atom. The van der Waals surface area contributed by atoms with Gasteiger partial charge >= 0.3 is 0 Å². The van der Waals surface area contributed by atoms with Crippen LogP contribution in [0.4, 0.5) is 14.5 Å². The van der Waals surface area contributed by atoms with E-state index in [2.05, 4.69) is 6.92 Å². The van der Waals surface area contributed by atoms with Gasteiger partial charge in [-0.25, -0.2) is 8.78 Å². The highest BCUT2D eigenvalue weighted by molar-refractivity contribution is 6.51. The van der Waals surface area contributed by atoms with Gasteiger partial charge in [0, 0.05) is 11.6 Å². The number of ether oxygens (including phenoxy) is 1. The molecule has 3 aromatic rings. The largest absolute Gasteiger partial charge is 0.507 e. The third-order valence-corrected chi connectivity index (χ3v) is 6.11. The number of anilines is 1. The molecule has 0 bridgehead atoms. The van der Waals surface area contributed by atoms with Crippen molar-refractivity contribution in [2.24, 2.45) is 0 Å². The minimum absolute atomic E-state index is 0.203. The number of amides is 1. The van der Waals surface area contributed by atoms with Crippen LogP contribution < -0.4 is 9.64 Å². The molecule has 0 spiro atoms. The number of ketones is 1. The van der Waals surface area contributed by atoms with E-state index >= 15 is 0 Å². The fourth-order valence-electron chi connectivity index (χ4n) is 4.31. The molecule has 1 N–H and O–H groups in total. The number of rotatable bonds is 8. The minimum Gasteiger partial charge on any atom is -0.507 e. The van der Waals surface area contributed by atoms with E-state index in [1.54, 1.807) is 42.5 Å². The highest BCUT2D eigenvalue weighted by atomic mass is 19.1. The number of unbranched alkanes of at least 4 members (excludes halogenated alkanes) is 2. The number of nitrogens with zero attached hydrogens (tertiary/aromatic N) is 1. The maximum atomic E-state index is 14.8. The second-order valence-corrected chi connectivity index (χ2v) is 8.76. The molecule has 3 aromatic carbocycles. The van der Waals surface area contributed by atoms with Crippen LogP contribution in [0.15, 0.2) is 72.3 Å². The molecular weight excluding hydrogens is 464 g/mol. The number of aliphatic hydroxyl groups excluding tert-OH is 1. The Bertz CT molecular complexity index is 1320. The van der Waals surface area contributed by atoms with Crippen molar-refractivity contribution < 1.29 is 28.2 Å². The maximum Gasteiger partial charge on any atom is 0.300 e. The first-order chi connectivity index (χ1) is 17.3. The number of carbonyl (C=O) groups is 2. The van der Waals surface area contributed by atoms with Gasteiger partial charge in [0.1, 0.15) is 23.1 Å². The van der Waals surface area contributed by atoms with Crippen molar-refractivity contribution in [2.45, 2.75) is 39.2 Å². The topological polar surface area (TPSA) is 66.8 Å². The summed E-state index contributed by atoms with van der Waals surface area (Å²) in [5.41, 5.74) is 1.04. The minimum atomic E-state index is -1.15. The summed E-state index contributed by atoms with van der Waals surface area (Å²) < 4.78 is 34.5. The Labute approximate surface area is 208 Å². The summed E-state index contributed by atoms with van der Waals surface area (Å²) in [6.07, 6.45) is 3.06. The number of halogens is 2. The van der Waals surface area contributed by atoms with E-state index < -0.39 is 35.1 Å². The smallest absolute Gasteiger partial charge is 0.300 e. The third-order valence-electron chi connectivity index (χ3n) is 6.11. The van der Waals surface area contributed by atoms with Crippen molar-refractivity contribution >= 4 is 23.1 Å². The van der Waals surface area contributed by atoms with Crippen LogP contribution in [0, 0.1) is 18.6 Å². The lowest BCUT2D eigenvalue weighted by Gasteiger charge is -2.26. The van der Waals surface area contributed by atoms with Crippen LogP contribution in [0.25, 0.3) is 5.76 Å². The molecule has 1 fully saturated rings. The van der Waals surface area contributed by atoms with E-state index in [0.29, 0.717) is 23.5 Å². The van der Waals surface area contributed by atoms with Gasteiger partial charge in [0.25, 0.3) is 11.7 Å². The molecule has 1 heterocycles.